The van der Waals surface area contributed by atoms with E-state index in [1.807, 2.05) is 12.1 Å². The number of aromatic nitrogens is 4. The molecule has 8 heteroatoms. The number of benzene rings is 1. The summed E-state index contributed by atoms with van der Waals surface area (Å²) in [6, 6.07) is 7.21. The van der Waals surface area contributed by atoms with Gasteiger partial charge in [-0.05, 0) is 31.4 Å². The smallest absolute Gasteiger partial charge is 0.312 e. The van der Waals surface area contributed by atoms with Crippen LogP contribution in [-0.4, -0.2) is 26.1 Å². The number of para-hydroxylation sites is 2. The van der Waals surface area contributed by atoms with Crippen molar-refractivity contribution in [2.75, 3.05) is 17.7 Å². The van der Waals surface area contributed by atoms with Crippen molar-refractivity contribution in [2.24, 2.45) is 0 Å². The predicted molar refractivity (Wildman–Crippen MR) is 88.3 cm³/mol. The number of hydrogen-bond acceptors (Lipinski definition) is 6. The minimum atomic E-state index is -0.822. The number of nitrogens with zero attached hydrogens (tertiary/aromatic N) is 4. The highest BCUT2D eigenvalue weighted by atomic mass is 19.1. The van der Waals surface area contributed by atoms with E-state index in [0.717, 1.165) is 19.3 Å². The molecular weight excluding hydrogens is 311 g/mol. The van der Waals surface area contributed by atoms with Crippen LogP contribution in [0.1, 0.15) is 25.5 Å². The van der Waals surface area contributed by atoms with Crippen molar-refractivity contribution in [3.8, 4) is 0 Å². The first kappa shape index (κ1) is 14.8. The number of ether oxygens (including phenoxy) is 1. The number of rotatable bonds is 3. The van der Waals surface area contributed by atoms with Gasteiger partial charge < -0.3 is 15.8 Å². The fraction of sp³-hybridized carbons (Fsp3) is 0.312. The van der Waals surface area contributed by atoms with Crippen molar-refractivity contribution in [2.45, 2.75) is 25.5 Å². The molecule has 1 fully saturated rings. The van der Waals surface area contributed by atoms with E-state index in [1.54, 1.807) is 23.0 Å². The van der Waals surface area contributed by atoms with Crippen molar-refractivity contribution >= 4 is 28.4 Å². The predicted octanol–water partition coefficient (Wildman–Crippen LogP) is 2.99. The van der Waals surface area contributed by atoms with Gasteiger partial charge in [0.05, 0.1) is 17.7 Å². The summed E-state index contributed by atoms with van der Waals surface area (Å²) in [5, 5.41) is 3.04. The molecule has 1 unspecified atom stereocenters. The van der Waals surface area contributed by atoms with Crippen LogP contribution in [0, 0.1) is 6.08 Å². The van der Waals surface area contributed by atoms with Gasteiger partial charge >= 0.3 is 6.08 Å². The van der Waals surface area contributed by atoms with E-state index in [1.165, 1.54) is 0 Å². The molecule has 3 aromatic rings. The van der Waals surface area contributed by atoms with Crippen LogP contribution in [0.4, 0.5) is 21.6 Å². The number of fused-ring (bicyclic) bond motifs is 1. The Labute approximate surface area is 137 Å². The number of nitrogens with two attached hydrogens (primary N) is 1. The molecule has 7 nitrogen and oxygen atoms in total. The molecule has 0 bridgehead atoms. The Morgan fingerprint density at radius 2 is 2.12 bits per heavy atom. The highest BCUT2D eigenvalue weighted by molar-refractivity contribution is 5.87. The lowest BCUT2D eigenvalue weighted by molar-refractivity contribution is -0.0298. The summed E-state index contributed by atoms with van der Waals surface area (Å²) in [4.78, 5) is 12.1. The Bertz CT molecular complexity index is 874. The maximum atomic E-state index is 13.9. The van der Waals surface area contributed by atoms with Crippen LogP contribution >= 0.6 is 0 Å². The maximum absolute atomic E-state index is 13.9. The van der Waals surface area contributed by atoms with Crippen molar-refractivity contribution < 1.29 is 9.13 Å². The van der Waals surface area contributed by atoms with Crippen molar-refractivity contribution in [3.63, 3.8) is 0 Å². The quantitative estimate of drug-likeness (QED) is 0.567. The maximum Gasteiger partial charge on any atom is 0.312 e. The van der Waals surface area contributed by atoms with Crippen molar-refractivity contribution in [1.82, 2.24) is 19.5 Å². The molecule has 0 spiro atoms. The zero-order valence-corrected chi connectivity index (χ0v) is 12.9. The van der Waals surface area contributed by atoms with Gasteiger partial charge in [0.2, 0.25) is 0 Å². The minimum Gasteiger partial charge on any atom is -0.397 e. The molecule has 1 saturated heterocycles. The van der Waals surface area contributed by atoms with E-state index in [2.05, 4.69) is 20.3 Å². The summed E-state index contributed by atoms with van der Waals surface area (Å²) in [5.41, 5.74) is 8.00. The van der Waals surface area contributed by atoms with Crippen molar-refractivity contribution in [3.05, 3.63) is 36.7 Å². The number of anilines is 3. The summed E-state index contributed by atoms with van der Waals surface area (Å²) in [6.07, 6.45) is 3.57. The lowest BCUT2D eigenvalue weighted by atomic mass is 10.2. The van der Waals surface area contributed by atoms with Gasteiger partial charge in [-0.15, -0.1) is 0 Å². The first-order chi connectivity index (χ1) is 11.7. The summed E-state index contributed by atoms with van der Waals surface area (Å²) < 4.78 is 21.5. The number of nitrogens with one attached hydrogen (secondary N) is 1. The third-order valence-electron chi connectivity index (χ3n) is 4.07. The van der Waals surface area contributed by atoms with Crippen LogP contribution in [-0.2, 0) is 4.74 Å². The molecule has 0 aliphatic carbocycles. The average molecular weight is 328 g/mol. The molecule has 1 aliphatic heterocycles. The van der Waals surface area contributed by atoms with Crippen molar-refractivity contribution in [1.29, 1.82) is 0 Å². The Morgan fingerprint density at radius 1 is 1.25 bits per heavy atom. The first-order valence-electron chi connectivity index (χ1n) is 7.85. The van der Waals surface area contributed by atoms with Gasteiger partial charge in [-0.3, -0.25) is 4.57 Å². The lowest BCUT2D eigenvalue weighted by Crippen LogP contribution is -2.18. The molecule has 24 heavy (non-hydrogen) atoms. The molecule has 0 saturated carbocycles. The van der Waals surface area contributed by atoms with Gasteiger partial charge in [-0.2, -0.15) is 14.4 Å². The molecular formula is C16H17FN6O. The fourth-order valence-corrected chi connectivity index (χ4v) is 2.87. The zero-order valence-electron chi connectivity index (χ0n) is 12.9. The van der Waals surface area contributed by atoms with Crippen LogP contribution in [0.2, 0.25) is 0 Å². The van der Waals surface area contributed by atoms with Gasteiger partial charge in [-0.25, -0.2) is 4.98 Å². The Kier molecular flexibility index (Phi) is 3.73. The van der Waals surface area contributed by atoms with Gasteiger partial charge in [0.15, 0.2) is 17.0 Å². The molecule has 1 atom stereocenters. The van der Waals surface area contributed by atoms with Gasteiger partial charge in [0, 0.05) is 6.61 Å². The zero-order chi connectivity index (χ0) is 16.5. The van der Waals surface area contributed by atoms with Crippen LogP contribution in [0.5, 0.6) is 0 Å². The standard InChI is InChI=1S/C16H17FN6O/c17-16-21-14(20-11-6-2-1-5-10(11)18)13-15(22-16)23(9-19-13)12-7-3-4-8-24-12/h1-2,5-6,9,12H,3-4,7-8,18H2,(H,20,21,22). The lowest BCUT2D eigenvalue weighted by Gasteiger charge is -2.23. The van der Waals surface area contributed by atoms with E-state index in [4.69, 9.17) is 10.5 Å². The van der Waals surface area contributed by atoms with Crippen LogP contribution in [0.25, 0.3) is 11.2 Å². The minimum absolute atomic E-state index is 0.173. The molecule has 1 aliphatic rings. The Hall–Kier alpha value is -2.74. The Morgan fingerprint density at radius 3 is 2.92 bits per heavy atom. The molecule has 3 heterocycles. The SMILES string of the molecule is Nc1ccccc1Nc1nc(F)nc2c1ncn2C1CCCCO1. The monoisotopic (exact) mass is 328 g/mol. The average Bonchev–Trinajstić information content (AvgIpc) is 3.01. The number of halogens is 1. The molecule has 0 radical (unpaired) electrons. The molecule has 2 aromatic heterocycles. The summed E-state index contributed by atoms with van der Waals surface area (Å²) in [5.74, 6) is 0.282. The van der Waals surface area contributed by atoms with E-state index in [9.17, 15) is 4.39 Å². The molecule has 124 valence electrons. The third-order valence-corrected chi connectivity index (χ3v) is 4.07. The summed E-state index contributed by atoms with van der Waals surface area (Å²) >= 11 is 0. The first-order valence-corrected chi connectivity index (χ1v) is 7.85. The highest BCUT2D eigenvalue weighted by Crippen LogP contribution is 2.29. The van der Waals surface area contributed by atoms with E-state index >= 15 is 0 Å². The second-order valence-electron chi connectivity index (χ2n) is 5.70. The topological polar surface area (TPSA) is 90.9 Å². The molecule has 1 aromatic carbocycles. The van der Waals surface area contributed by atoms with Gasteiger partial charge in [0.25, 0.3) is 0 Å². The van der Waals surface area contributed by atoms with Gasteiger partial charge in [0.1, 0.15) is 6.23 Å². The number of hydrogen-bond donors (Lipinski definition) is 2. The van der Waals surface area contributed by atoms with Crippen LogP contribution in [0.3, 0.4) is 0 Å². The highest BCUT2D eigenvalue weighted by Gasteiger charge is 2.21. The third kappa shape index (κ3) is 2.65. The summed E-state index contributed by atoms with van der Waals surface area (Å²) in [6.45, 7) is 0.684. The van der Waals surface area contributed by atoms with E-state index in [0.29, 0.717) is 29.1 Å². The molecule has 0 amide bonds. The Balaban J connectivity index is 1.76. The van der Waals surface area contributed by atoms with E-state index in [-0.39, 0.29) is 12.0 Å². The normalized spacial score (nSPS) is 18.0. The largest absolute Gasteiger partial charge is 0.397 e. The second-order valence-corrected chi connectivity index (χ2v) is 5.70. The van der Waals surface area contributed by atoms with Gasteiger partial charge in [-0.1, -0.05) is 12.1 Å². The summed E-state index contributed by atoms with van der Waals surface area (Å²) in [7, 11) is 0. The number of nitrogen functional groups attached to an aromatic ring is 1. The fourth-order valence-electron chi connectivity index (χ4n) is 2.87. The van der Waals surface area contributed by atoms with E-state index < -0.39 is 6.08 Å². The van der Waals surface area contributed by atoms with Crippen LogP contribution in [0.15, 0.2) is 30.6 Å². The molecule has 3 N–H and O–H groups in total. The number of imidazole rings is 1. The van der Waals surface area contributed by atoms with Crippen LogP contribution < -0.4 is 11.1 Å². The second kappa shape index (κ2) is 6.04. The molecule has 4 rings (SSSR count).